The van der Waals surface area contributed by atoms with Gasteiger partial charge in [0.05, 0.1) is 16.7 Å². The first-order chi connectivity index (χ1) is 9.99. The second kappa shape index (κ2) is 7.45. The molecule has 4 nitrogen and oxygen atoms in total. The third-order valence-electron chi connectivity index (χ3n) is 3.45. The van der Waals surface area contributed by atoms with Crippen LogP contribution in [0.25, 0.3) is 0 Å². The van der Waals surface area contributed by atoms with Crippen LogP contribution in [0.2, 0.25) is 10.0 Å². The van der Waals surface area contributed by atoms with Gasteiger partial charge in [-0.05, 0) is 31.5 Å². The lowest BCUT2D eigenvalue weighted by molar-refractivity contribution is -0.147. The van der Waals surface area contributed by atoms with Gasteiger partial charge in [0.15, 0.2) is 0 Å². The molecule has 1 N–H and O–H groups in total. The zero-order chi connectivity index (χ0) is 15.4. The summed E-state index contributed by atoms with van der Waals surface area (Å²) in [6, 6.07) is 5.52. The maximum atomic E-state index is 12.6. The van der Waals surface area contributed by atoms with Gasteiger partial charge in [-0.1, -0.05) is 29.3 Å². The molecular weight excluding hydrogens is 311 g/mol. The summed E-state index contributed by atoms with van der Waals surface area (Å²) < 4.78 is 5.55. The Bertz CT molecular complexity index is 502. The van der Waals surface area contributed by atoms with Gasteiger partial charge < -0.3 is 15.0 Å². The second-order valence-corrected chi connectivity index (χ2v) is 6.19. The van der Waals surface area contributed by atoms with E-state index in [1.807, 2.05) is 19.9 Å². The quantitative estimate of drug-likeness (QED) is 0.922. The van der Waals surface area contributed by atoms with Crippen LogP contribution in [0, 0.1) is 0 Å². The molecule has 21 heavy (non-hydrogen) atoms. The van der Waals surface area contributed by atoms with Crippen LogP contribution in [0.5, 0.6) is 0 Å². The van der Waals surface area contributed by atoms with Gasteiger partial charge in [-0.3, -0.25) is 4.79 Å². The second-order valence-electron chi connectivity index (χ2n) is 5.37. The molecule has 0 bridgehead atoms. The van der Waals surface area contributed by atoms with Crippen molar-refractivity contribution in [1.82, 2.24) is 10.2 Å². The molecule has 0 spiro atoms. The Morgan fingerprint density at radius 3 is 2.76 bits per heavy atom. The highest BCUT2D eigenvalue weighted by molar-refractivity contribution is 6.42. The number of amides is 1. The fourth-order valence-corrected chi connectivity index (χ4v) is 2.58. The highest BCUT2D eigenvalue weighted by Gasteiger charge is 2.28. The maximum absolute atomic E-state index is 12.6. The van der Waals surface area contributed by atoms with E-state index >= 15 is 0 Å². The lowest BCUT2D eigenvalue weighted by Gasteiger charge is -2.32. The summed E-state index contributed by atoms with van der Waals surface area (Å²) in [7, 11) is 0. The number of nitrogens with zero attached hydrogens (tertiary/aromatic N) is 1. The smallest absolute Gasteiger partial charge is 0.253 e. The SMILES string of the molecule is CC(C)N(Cc1ccc(Cl)c(Cl)c1)C(=O)C1CNCCO1. The average molecular weight is 331 g/mol. The molecule has 0 radical (unpaired) electrons. The Morgan fingerprint density at radius 2 is 2.19 bits per heavy atom. The predicted octanol–water partition coefficient (Wildman–Crippen LogP) is 2.72. The Labute approximate surface area is 135 Å². The number of rotatable bonds is 4. The fraction of sp³-hybridized carbons (Fsp3) is 0.533. The van der Waals surface area contributed by atoms with Crippen LogP contribution in [-0.4, -0.2) is 42.6 Å². The highest BCUT2D eigenvalue weighted by Crippen LogP contribution is 2.24. The van der Waals surface area contributed by atoms with Gasteiger partial charge in [0.25, 0.3) is 5.91 Å². The van der Waals surface area contributed by atoms with Crippen molar-refractivity contribution in [3.8, 4) is 0 Å². The molecule has 0 aliphatic carbocycles. The summed E-state index contributed by atoms with van der Waals surface area (Å²) in [5, 5.41) is 4.20. The Morgan fingerprint density at radius 1 is 1.43 bits per heavy atom. The standard InChI is InChI=1S/C15H20Cl2N2O2/c1-10(2)19(15(20)14-8-18-5-6-21-14)9-11-3-4-12(16)13(17)7-11/h3-4,7,10,14,18H,5-6,8-9H2,1-2H3. The van der Waals surface area contributed by atoms with E-state index in [4.69, 9.17) is 27.9 Å². The van der Waals surface area contributed by atoms with Crippen molar-refractivity contribution < 1.29 is 9.53 Å². The van der Waals surface area contributed by atoms with E-state index in [2.05, 4.69) is 5.32 Å². The monoisotopic (exact) mass is 330 g/mol. The molecule has 1 atom stereocenters. The summed E-state index contributed by atoms with van der Waals surface area (Å²) in [6.07, 6.45) is -0.413. The van der Waals surface area contributed by atoms with Crippen molar-refractivity contribution in [3.05, 3.63) is 33.8 Å². The number of benzene rings is 1. The Balaban J connectivity index is 2.10. The molecule has 1 heterocycles. The lowest BCUT2D eigenvalue weighted by atomic mass is 10.1. The predicted molar refractivity (Wildman–Crippen MR) is 84.8 cm³/mol. The maximum Gasteiger partial charge on any atom is 0.253 e. The molecule has 1 aromatic rings. The summed E-state index contributed by atoms with van der Waals surface area (Å²) in [6.45, 7) is 6.39. The lowest BCUT2D eigenvalue weighted by Crippen LogP contribution is -2.51. The molecular formula is C15H20Cl2N2O2. The first-order valence-electron chi connectivity index (χ1n) is 7.05. The molecule has 2 rings (SSSR count). The Hall–Kier alpha value is -0.810. The molecule has 0 aromatic heterocycles. The molecule has 1 fully saturated rings. The fourth-order valence-electron chi connectivity index (χ4n) is 2.26. The van der Waals surface area contributed by atoms with Crippen LogP contribution in [-0.2, 0) is 16.1 Å². The van der Waals surface area contributed by atoms with Gasteiger partial charge in [-0.25, -0.2) is 0 Å². The largest absolute Gasteiger partial charge is 0.366 e. The van der Waals surface area contributed by atoms with Crippen molar-refractivity contribution >= 4 is 29.1 Å². The van der Waals surface area contributed by atoms with E-state index in [0.29, 0.717) is 29.7 Å². The number of halogens is 2. The van der Waals surface area contributed by atoms with Gasteiger partial charge in [-0.2, -0.15) is 0 Å². The summed E-state index contributed by atoms with van der Waals surface area (Å²) >= 11 is 12.0. The molecule has 1 aromatic carbocycles. The van der Waals surface area contributed by atoms with Crippen molar-refractivity contribution in [1.29, 1.82) is 0 Å². The molecule has 1 saturated heterocycles. The van der Waals surface area contributed by atoms with E-state index in [1.165, 1.54) is 0 Å². The minimum Gasteiger partial charge on any atom is -0.366 e. The number of morpholine rings is 1. The van der Waals surface area contributed by atoms with Crippen LogP contribution in [0.15, 0.2) is 18.2 Å². The van der Waals surface area contributed by atoms with Crippen LogP contribution >= 0.6 is 23.2 Å². The third-order valence-corrected chi connectivity index (χ3v) is 4.19. The number of ether oxygens (including phenoxy) is 1. The minimum absolute atomic E-state index is 0.00303. The zero-order valence-corrected chi connectivity index (χ0v) is 13.7. The van der Waals surface area contributed by atoms with Gasteiger partial charge in [-0.15, -0.1) is 0 Å². The first kappa shape index (κ1) is 16.6. The molecule has 1 aliphatic rings. The van der Waals surface area contributed by atoms with Crippen molar-refractivity contribution in [2.75, 3.05) is 19.7 Å². The van der Waals surface area contributed by atoms with E-state index in [1.54, 1.807) is 17.0 Å². The number of nitrogens with one attached hydrogen (secondary N) is 1. The summed E-state index contributed by atoms with van der Waals surface area (Å²) in [4.78, 5) is 14.4. The minimum atomic E-state index is -0.413. The third kappa shape index (κ3) is 4.33. The van der Waals surface area contributed by atoms with Crippen LogP contribution in [0.3, 0.4) is 0 Å². The number of hydrogen-bond acceptors (Lipinski definition) is 3. The Kier molecular flexibility index (Phi) is 5.88. The van der Waals surface area contributed by atoms with E-state index in [-0.39, 0.29) is 11.9 Å². The average Bonchev–Trinajstić information content (AvgIpc) is 2.48. The van der Waals surface area contributed by atoms with E-state index in [0.717, 1.165) is 12.1 Å². The van der Waals surface area contributed by atoms with Crippen LogP contribution in [0.4, 0.5) is 0 Å². The van der Waals surface area contributed by atoms with Gasteiger partial charge >= 0.3 is 0 Å². The van der Waals surface area contributed by atoms with E-state index < -0.39 is 6.10 Å². The summed E-state index contributed by atoms with van der Waals surface area (Å²) in [5.74, 6) is 0.00303. The topological polar surface area (TPSA) is 41.6 Å². The number of carbonyl (C=O) groups is 1. The first-order valence-corrected chi connectivity index (χ1v) is 7.81. The number of hydrogen-bond donors (Lipinski definition) is 1. The normalized spacial score (nSPS) is 18.8. The highest BCUT2D eigenvalue weighted by atomic mass is 35.5. The molecule has 116 valence electrons. The van der Waals surface area contributed by atoms with Crippen molar-refractivity contribution in [2.24, 2.45) is 0 Å². The van der Waals surface area contributed by atoms with Crippen molar-refractivity contribution in [3.63, 3.8) is 0 Å². The van der Waals surface area contributed by atoms with Gasteiger partial charge in [0, 0.05) is 25.7 Å². The van der Waals surface area contributed by atoms with Crippen LogP contribution in [0.1, 0.15) is 19.4 Å². The molecule has 1 amide bonds. The summed E-state index contributed by atoms with van der Waals surface area (Å²) in [5.41, 5.74) is 0.954. The van der Waals surface area contributed by atoms with E-state index in [9.17, 15) is 4.79 Å². The zero-order valence-electron chi connectivity index (χ0n) is 12.2. The van der Waals surface area contributed by atoms with Crippen molar-refractivity contribution in [2.45, 2.75) is 32.5 Å². The van der Waals surface area contributed by atoms with Gasteiger partial charge in [0.1, 0.15) is 6.10 Å². The van der Waals surface area contributed by atoms with Crippen LogP contribution < -0.4 is 5.32 Å². The number of carbonyl (C=O) groups excluding carboxylic acids is 1. The van der Waals surface area contributed by atoms with Gasteiger partial charge in [0.2, 0.25) is 0 Å². The molecule has 1 unspecified atom stereocenters. The molecule has 1 aliphatic heterocycles. The molecule has 6 heteroatoms. The molecule has 0 saturated carbocycles.